The average Bonchev–Trinajstić information content (AvgIpc) is 3.90. The average molecular weight is 766 g/mol. The summed E-state index contributed by atoms with van der Waals surface area (Å²) < 4.78 is 6.24. The minimum Gasteiger partial charge on any atom is -0.454 e. The zero-order chi connectivity index (χ0) is 38.8. The van der Waals surface area contributed by atoms with Gasteiger partial charge in [0.15, 0.2) is 0 Å². The normalized spacial score (nSPS) is 49.8. The fourth-order valence-corrected chi connectivity index (χ4v) is 16.7. The van der Waals surface area contributed by atoms with Crippen LogP contribution < -0.4 is 5.32 Å². The molecule has 16 atom stereocenters. The molecule has 302 valence electrons. The minimum absolute atomic E-state index is 0.0113. The highest BCUT2D eigenvalue weighted by Gasteiger charge is 2.82. The lowest BCUT2D eigenvalue weighted by Crippen LogP contribution is -2.80. The van der Waals surface area contributed by atoms with Gasteiger partial charge in [0.1, 0.15) is 18.0 Å². The van der Waals surface area contributed by atoms with E-state index in [-0.39, 0.29) is 36.2 Å². The van der Waals surface area contributed by atoms with Crippen LogP contribution in [-0.2, 0) is 20.7 Å². The molecule has 7 fully saturated rings. The Hall–Kier alpha value is -2.54. The molecule has 4 bridgehead atoms. The van der Waals surface area contributed by atoms with Gasteiger partial charge in [-0.1, -0.05) is 62.6 Å². The number of likely N-dealkylation sites (N-methyl/N-ethyl adjacent to an activating group) is 1. The molecule has 1 aliphatic heterocycles. The van der Waals surface area contributed by atoms with Crippen molar-refractivity contribution in [1.82, 2.24) is 5.32 Å². The number of esters is 1. The third kappa shape index (κ3) is 4.84. The predicted molar refractivity (Wildman–Crippen MR) is 211 cm³/mol. The summed E-state index contributed by atoms with van der Waals surface area (Å²) in [5.41, 5.74) is -3.68. The number of nitrogens with one attached hydrogen (secondary N) is 1. The molecule has 0 saturated heterocycles. The maximum absolute atomic E-state index is 14.1. The van der Waals surface area contributed by atoms with Gasteiger partial charge in [0.25, 0.3) is 0 Å². The molecule has 56 heavy (non-hydrogen) atoms. The van der Waals surface area contributed by atoms with E-state index in [1.165, 1.54) is 31.2 Å². The van der Waals surface area contributed by atoms with E-state index in [9.17, 15) is 30.0 Å². The Bertz CT molecular complexity index is 1860. The third-order valence-corrected chi connectivity index (χ3v) is 19.0. The first-order chi connectivity index (χ1) is 26.9. The van der Waals surface area contributed by atoms with Crippen molar-refractivity contribution >= 4 is 12.3 Å². The number of carbonyl (C=O) groups excluding carboxylic acids is 2. The Kier molecular flexibility index (Phi) is 8.91. The lowest BCUT2D eigenvalue weighted by atomic mass is 9.36. The van der Waals surface area contributed by atoms with Gasteiger partial charge in [-0.05, 0) is 137 Å². The summed E-state index contributed by atoms with van der Waals surface area (Å²) in [6, 6.07) is 8.29. The maximum atomic E-state index is 14.1. The number of fused-ring (bicyclic) bond motifs is 6. The van der Waals surface area contributed by atoms with Gasteiger partial charge >= 0.3 is 5.97 Å². The smallest absolute Gasteiger partial charge is 0.331 e. The topological polar surface area (TPSA) is 136 Å². The van der Waals surface area contributed by atoms with Crippen LogP contribution in [0.3, 0.4) is 0 Å². The second kappa shape index (κ2) is 13.2. The highest BCUT2D eigenvalue weighted by molar-refractivity contribution is 5.86. The first-order valence-corrected chi connectivity index (χ1v) is 22.4. The van der Waals surface area contributed by atoms with Gasteiger partial charge in [-0.15, -0.1) is 0 Å². The summed E-state index contributed by atoms with van der Waals surface area (Å²) in [4.78, 5) is 27.4. The number of hydrogen-bond donors (Lipinski definition) is 5. The van der Waals surface area contributed by atoms with Crippen LogP contribution in [0.4, 0.5) is 0 Å². The van der Waals surface area contributed by atoms with Crippen LogP contribution in [0.25, 0.3) is 0 Å². The number of ether oxygens (including phenoxy) is 1. The number of hydrogen-bond acceptors (Lipinski definition) is 8. The maximum Gasteiger partial charge on any atom is 0.331 e. The highest BCUT2D eigenvalue weighted by Crippen LogP contribution is 2.77. The summed E-state index contributed by atoms with van der Waals surface area (Å²) in [6.45, 7) is 2.38. The predicted octanol–water partition coefficient (Wildman–Crippen LogP) is 5.66. The van der Waals surface area contributed by atoms with Gasteiger partial charge in [0.2, 0.25) is 0 Å². The lowest BCUT2D eigenvalue weighted by Gasteiger charge is -2.72. The van der Waals surface area contributed by atoms with Crippen LogP contribution in [0, 0.1) is 75.9 Å². The molecule has 1 aromatic carbocycles. The first kappa shape index (κ1) is 37.7. The second-order valence-corrected chi connectivity index (χ2v) is 20.5. The number of aliphatic hydroxyl groups excluding tert-OH is 1. The zero-order valence-corrected chi connectivity index (χ0v) is 33.4. The van der Waals surface area contributed by atoms with Crippen LogP contribution in [0.5, 0.6) is 0 Å². The van der Waals surface area contributed by atoms with Crippen LogP contribution in [-0.4, -0.2) is 74.8 Å². The van der Waals surface area contributed by atoms with Crippen LogP contribution in [0.2, 0.25) is 0 Å². The molecule has 0 unspecified atom stereocenters. The van der Waals surface area contributed by atoms with Gasteiger partial charge in [-0.25, -0.2) is 4.79 Å². The van der Waals surface area contributed by atoms with Crippen molar-refractivity contribution in [3.05, 3.63) is 47.0 Å². The fraction of sp³-hybridized carbons (Fsp3) is 0.750. The van der Waals surface area contributed by atoms with Gasteiger partial charge < -0.3 is 35.3 Å². The molecule has 0 radical (unpaired) electrons. The molecular weight excluding hydrogens is 703 g/mol. The van der Waals surface area contributed by atoms with Crippen molar-refractivity contribution < 1.29 is 34.8 Å². The molecule has 5 N–H and O–H groups in total. The van der Waals surface area contributed by atoms with Crippen LogP contribution in [0.15, 0.2) is 35.9 Å². The van der Waals surface area contributed by atoms with Gasteiger partial charge in [0.05, 0.1) is 22.7 Å². The van der Waals surface area contributed by atoms with E-state index < -0.39 is 57.6 Å². The van der Waals surface area contributed by atoms with Crippen LogP contribution in [0.1, 0.15) is 121 Å². The van der Waals surface area contributed by atoms with E-state index in [1.54, 1.807) is 6.08 Å². The standard InChI is InChI=1S/C48H63NO7/c1-28(29-9-3-4-10-29)31-14-15-37-39(51)16-19-45(27-50)40-17-20-44-18-8-7-12-30-11-5-6-13-32(30)23-38(49-2)35-22-33(42(44)36-24-41(52)56-43(35)36)25-47(44,54)46(40,53)26-34(21-31)48(37,45)55/h5-6,11,13,24,27-29,31,33-35,37-40,42-43,49,51,53-55H,3-4,8-10,14-23,25-26H2,1-2H3/t28-,31+,33-,34+,35+,37-,38+,39-,40+,42+,43-,44+,45-,46-,47+,48-/m0/s1. The molecule has 7 saturated carbocycles. The lowest BCUT2D eigenvalue weighted by molar-refractivity contribution is -0.343. The number of aliphatic hydroxyl groups is 4. The molecule has 1 spiro atoms. The summed E-state index contributed by atoms with van der Waals surface area (Å²) in [6.07, 6.45) is 13.6. The van der Waals surface area contributed by atoms with Crippen molar-refractivity contribution in [2.75, 3.05) is 7.05 Å². The Morgan fingerprint density at radius 3 is 2.55 bits per heavy atom. The summed E-state index contributed by atoms with van der Waals surface area (Å²) in [5.74, 6) is 6.29. The van der Waals surface area contributed by atoms with Crippen molar-refractivity contribution in [1.29, 1.82) is 0 Å². The molecule has 0 aromatic heterocycles. The molecule has 8 heteroatoms. The molecule has 10 aliphatic rings. The quantitative estimate of drug-likeness (QED) is 0.151. The van der Waals surface area contributed by atoms with Crippen molar-refractivity contribution in [2.24, 2.45) is 64.1 Å². The second-order valence-electron chi connectivity index (χ2n) is 20.5. The monoisotopic (exact) mass is 765 g/mol. The largest absolute Gasteiger partial charge is 0.454 e. The Balaban J connectivity index is 1.12. The number of aldehydes is 1. The SMILES string of the molecule is CN[C@@H]1Cc2ccccc2C#CCC[C@]23CC[C@H]4[C@@](O)(C[C@H]5C[C@H]([C@@H](C)C6CCCC6)CC[C@H]6[C@@H](O)CC[C@@]4(C=O)[C@]56O)[C@@]2(O)C[C@@H]2C[C@H]1[C@@H]1OC(=O)C=C1[C@@H]23. The van der Waals surface area contributed by atoms with Crippen LogP contribution >= 0.6 is 0 Å². The van der Waals surface area contributed by atoms with E-state index in [4.69, 9.17) is 4.74 Å². The fourth-order valence-electron chi connectivity index (χ4n) is 16.7. The number of rotatable bonds is 4. The summed E-state index contributed by atoms with van der Waals surface area (Å²) in [7, 11) is 1.98. The Morgan fingerprint density at radius 1 is 0.964 bits per heavy atom. The van der Waals surface area contributed by atoms with E-state index in [0.29, 0.717) is 75.5 Å². The van der Waals surface area contributed by atoms with Crippen molar-refractivity contribution in [2.45, 2.75) is 151 Å². The molecule has 11 rings (SSSR count). The van der Waals surface area contributed by atoms with E-state index >= 15 is 0 Å². The molecule has 9 aliphatic carbocycles. The van der Waals surface area contributed by atoms with E-state index in [1.807, 2.05) is 13.1 Å². The van der Waals surface area contributed by atoms with E-state index in [2.05, 4.69) is 42.3 Å². The Morgan fingerprint density at radius 2 is 1.77 bits per heavy atom. The Labute approximate surface area is 332 Å². The zero-order valence-electron chi connectivity index (χ0n) is 33.4. The minimum atomic E-state index is -1.66. The molecule has 1 aromatic rings. The van der Waals surface area contributed by atoms with E-state index in [0.717, 1.165) is 36.7 Å². The first-order valence-electron chi connectivity index (χ1n) is 22.4. The molecule has 1 heterocycles. The summed E-state index contributed by atoms with van der Waals surface area (Å²) in [5, 5.41) is 56.8. The van der Waals surface area contributed by atoms with Gasteiger partial charge in [-0.2, -0.15) is 0 Å². The summed E-state index contributed by atoms with van der Waals surface area (Å²) >= 11 is 0. The molecule has 8 nitrogen and oxygen atoms in total. The third-order valence-electron chi connectivity index (χ3n) is 19.0. The van der Waals surface area contributed by atoms with Gasteiger partial charge in [-0.3, -0.25) is 0 Å². The van der Waals surface area contributed by atoms with Gasteiger partial charge in [0, 0.05) is 47.3 Å². The highest BCUT2D eigenvalue weighted by atomic mass is 16.5. The molecule has 0 amide bonds. The van der Waals surface area contributed by atoms with Crippen molar-refractivity contribution in [3.8, 4) is 11.8 Å². The van der Waals surface area contributed by atoms with Crippen molar-refractivity contribution in [3.63, 3.8) is 0 Å². The molecular formula is C48H63NO7. The number of benzene rings is 1. The number of carbonyl (C=O) groups is 2.